The molecule has 2 N–H and O–H groups in total. The molecule has 1 aromatic carbocycles. The predicted octanol–water partition coefficient (Wildman–Crippen LogP) is 1.58. The summed E-state index contributed by atoms with van der Waals surface area (Å²) in [6.07, 6.45) is 0.809. The highest BCUT2D eigenvalue weighted by molar-refractivity contribution is 5.79. The fourth-order valence-corrected chi connectivity index (χ4v) is 1.57. The average molecular weight is 223 g/mol. The van der Waals surface area contributed by atoms with E-state index < -0.39 is 0 Å². The smallest absolute Gasteiger partial charge is 0.161 e. The lowest BCUT2D eigenvalue weighted by atomic mass is 9.95. The highest BCUT2D eigenvalue weighted by Crippen LogP contribution is 2.32. The van der Waals surface area contributed by atoms with Gasteiger partial charge in [0, 0.05) is 5.56 Å². The summed E-state index contributed by atoms with van der Waals surface area (Å²) in [7, 11) is 3.10. The van der Waals surface area contributed by atoms with Gasteiger partial charge in [-0.25, -0.2) is 0 Å². The molecule has 0 aliphatic carbocycles. The van der Waals surface area contributed by atoms with Gasteiger partial charge < -0.3 is 15.2 Å². The molecule has 88 valence electrons. The van der Waals surface area contributed by atoms with Gasteiger partial charge in [-0.3, -0.25) is 4.79 Å². The van der Waals surface area contributed by atoms with Crippen molar-refractivity contribution in [3.05, 3.63) is 23.3 Å². The van der Waals surface area contributed by atoms with Gasteiger partial charge in [0.25, 0.3) is 0 Å². The number of carbonyl (C=O) groups is 1. The third-order valence-corrected chi connectivity index (χ3v) is 2.60. The van der Waals surface area contributed by atoms with Crippen LogP contribution in [0.15, 0.2) is 12.1 Å². The second-order valence-electron chi connectivity index (χ2n) is 3.59. The topological polar surface area (TPSA) is 61.5 Å². The fourth-order valence-electron chi connectivity index (χ4n) is 1.57. The Kier molecular flexibility index (Phi) is 4.31. The first-order valence-corrected chi connectivity index (χ1v) is 5.09. The zero-order valence-corrected chi connectivity index (χ0v) is 9.82. The summed E-state index contributed by atoms with van der Waals surface area (Å²) in [6, 6.07) is 3.48. The van der Waals surface area contributed by atoms with Crippen molar-refractivity contribution < 1.29 is 14.3 Å². The maximum absolute atomic E-state index is 11.0. The van der Waals surface area contributed by atoms with Crippen LogP contribution in [0.3, 0.4) is 0 Å². The molecule has 0 aliphatic rings. The first kappa shape index (κ1) is 12.5. The number of rotatable bonds is 5. The number of nitrogens with two attached hydrogens (primary N) is 1. The SMILES string of the molecule is COc1cc(C=O)c(C(C)CN)cc1OC. The van der Waals surface area contributed by atoms with Gasteiger partial charge in [0.2, 0.25) is 0 Å². The molecule has 0 spiro atoms. The number of hydrogen-bond acceptors (Lipinski definition) is 4. The number of methoxy groups -OCH3 is 2. The molecular weight excluding hydrogens is 206 g/mol. The van der Waals surface area contributed by atoms with Gasteiger partial charge in [0.15, 0.2) is 11.5 Å². The van der Waals surface area contributed by atoms with Gasteiger partial charge >= 0.3 is 0 Å². The second kappa shape index (κ2) is 5.51. The molecule has 4 nitrogen and oxygen atoms in total. The Morgan fingerprint density at radius 1 is 1.31 bits per heavy atom. The summed E-state index contributed by atoms with van der Waals surface area (Å²) >= 11 is 0. The first-order chi connectivity index (χ1) is 7.67. The molecule has 0 aliphatic heterocycles. The summed E-state index contributed by atoms with van der Waals surface area (Å²) in [5.41, 5.74) is 7.08. The standard InChI is InChI=1S/C12H17NO3/c1-8(6-13)10-5-12(16-3)11(15-2)4-9(10)7-14/h4-5,7-8H,6,13H2,1-3H3. The summed E-state index contributed by atoms with van der Waals surface area (Å²) in [5, 5.41) is 0. The van der Waals surface area contributed by atoms with Gasteiger partial charge in [-0.05, 0) is 30.2 Å². The second-order valence-corrected chi connectivity index (χ2v) is 3.59. The Morgan fingerprint density at radius 2 is 1.88 bits per heavy atom. The number of aldehydes is 1. The van der Waals surface area contributed by atoms with E-state index in [0.717, 1.165) is 11.8 Å². The van der Waals surface area contributed by atoms with Gasteiger partial charge in [-0.1, -0.05) is 6.92 Å². The van der Waals surface area contributed by atoms with Crippen molar-refractivity contribution >= 4 is 6.29 Å². The van der Waals surface area contributed by atoms with Crippen molar-refractivity contribution in [2.24, 2.45) is 5.73 Å². The zero-order valence-electron chi connectivity index (χ0n) is 9.82. The van der Waals surface area contributed by atoms with Crippen LogP contribution in [0.1, 0.15) is 28.8 Å². The number of ether oxygens (including phenoxy) is 2. The van der Waals surface area contributed by atoms with Crippen molar-refractivity contribution in [2.45, 2.75) is 12.8 Å². The molecule has 16 heavy (non-hydrogen) atoms. The molecule has 0 heterocycles. The normalized spacial score (nSPS) is 12.0. The van der Waals surface area contributed by atoms with Crippen LogP contribution in [-0.2, 0) is 0 Å². The molecule has 0 bridgehead atoms. The van der Waals surface area contributed by atoms with Crippen molar-refractivity contribution in [3.8, 4) is 11.5 Å². The van der Waals surface area contributed by atoms with Gasteiger partial charge in [0.05, 0.1) is 14.2 Å². The summed E-state index contributed by atoms with van der Waals surface area (Å²) in [5.74, 6) is 1.28. The van der Waals surface area contributed by atoms with Crippen molar-refractivity contribution in [1.29, 1.82) is 0 Å². The van der Waals surface area contributed by atoms with E-state index in [4.69, 9.17) is 15.2 Å². The molecule has 0 amide bonds. The quantitative estimate of drug-likeness (QED) is 0.770. The molecule has 0 aromatic heterocycles. The molecule has 0 fully saturated rings. The predicted molar refractivity (Wildman–Crippen MR) is 62.4 cm³/mol. The third kappa shape index (κ3) is 2.33. The van der Waals surface area contributed by atoms with Crippen molar-refractivity contribution in [3.63, 3.8) is 0 Å². The third-order valence-electron chi connectivity index (χ3n) is 2.60. The Morgan fingerprint density at radius 3 is 2.31 bits per heavy atom. The Bertz CT molecular complexity index is 377. The van der Waals surface area contributed by atoms with E-state index in [1.165, 1.54) is 0 Å². The van der Waals surface area contributed by atoms with Crippen LogP contribution >= 0.6 is 0 Å². The van der Waals surface area contributed by atoms with E-state index in [1.807, 2.05) is 6.92 Å². The highest BCUT2D eigenvalue weighted by Gasteiger charge is 2.14. The van der Waals surface area contributed by atoms with Crippen molar-refractivity contribution in [1.82, 2.24) is 0 Å². The van der Waals surface area contributed by atoms with Crippen LogP contribution in [-0.4, -0.2) is 27.1 Å². The maximum atomic E-state index is 11.0. The van der Waals surface area contributed by atoms with E-state index >= 15 is 0 Å². The van der Waals surface area contributed by atoms with E-state index in [-0.39, 0.29) is 5.92 Å². The lowest BCUT2D eigenvalue weighted by molar-refractivity contribution is 0.112. The summed E-state index contributed by atoms with van der Waals surface area (Å²) in [4.78, 5) is 11.0. The minimum absolute atomic E-state index is 0.111. The van der Waals surface area contributed by atoms with Crippen LogP contribution in [0.2, 0.25) is 0 Å². The van der Waals surface area contributed by atoms with Crippen LogP contribution in [0.5, 0.6) is 11.5 Å². The first-order valence-electron chi connectivity index (χ1n) is 5.09. The molecule has 1 atom stereocenters. The Labute approximate surface area is 95.3 Å². The van der Waals surface area contributed by atoms with Gasteiger partial charge in [-0.2, -0.15) is 0 Å². The van der Waals surface area contributed by atoms with E-state index in [2.05, 4.69) is 0 Å². The molecule has 0 radical (unpaired) electrons. The Balaban J connectivity index is 3.31. The number of carbonyl (C=O) groups excluding carboxylic acids is 1. The average Bonchev–Trinajstić information content (AvgIpc) is 2.35. The van der Waals surface area contributed by atoms with E-state index in [9.17, 15) is 4.79 Å². The van der Waals surface area contributed by atoms with E-state index in [0.29, 0.717) is 23.6 Å². The largest absolute Gasteiger partial charge is 0.493 e. The van der Waals surface area contributed by atoms with Crippen LogP contribution in [0.4, 0.5) is 0 Å². The molecule has 4 heteroatoms. The fraction of sp³-hybridized carbons (Fsp3) is 0.417. The molecule has 1 unspecified atom stereocenters. The molecule has 1 rings (SSSR count). The van der Waals surface area contributed by atoms with Crippen molar-refractivity contribution in [2.75, 3.05) is 20.8 Å². The molecule has 1 aromatic rings. The summed E-state index contributed by atoms with van der Waals surface area (Å²) < 4.78 is 10.3. The maximum Gasteiger partial charge on any atom is 0.161 e. The number of hydrogen-bond donors (Lipinski definition) is 1. The van der Waals surface area contributed by atoms with Crippen LogP contribution < -0.4 is 15.2 Å². The van der Waals surface area contributed by atoms with Crippen LogP contribution in [0, 0.1) is 0 Å². The lowest BCUT2D eigenvalue weighted by Gasteiger charge is -2.15. The lowest BCUT2D eigenvalue weighted by Crippen LogP contribution is -2.11. The minimum Gasteiger partial charge on any atom is -0.493 e. The highest BCUT2D eigenvalue weighted by atomic mass is 16.5. The minimum atomic E-state index is 0.111. The zero-order chi connectivity index (χ0) is 12.1. The van der Waals surface area contributed by atoms with Crippen LogP contribution in [0.25, 0.3) is 0 Å². The Hall–Kier alpha value is -1.55. The van der Waals surface area contributed by atoms with E-state index in [1.54, 1.807) is 26.4 Å². The molecule has 0 saturated heterocycles. The summed E-state index contributed by atoms with van der Waals surface area (Å²) in [6.45, 7) is 2.45. The van der Waals surface area contributed by atoms with Gasteiger partial charge in [0.1, 0.15) is 6.29 Å². The molecule has 0 saturated carbocycles. The van der Waals surface area contributed by atoms with Gasteiger partial charge in [-0.15, -0.1) is 0 Å². The monoisotopic (exact) mass is 223 g/mol. The molecular formula is C12H17NO3. The number of benzene rings is 1.